The first-order valence-electron chi connectivity index (χ1n) is 10.3. The average molecular weight is 438 g/mol. The van der Waals surface area contributed by atoms with Crippen LogP contribution in [0.25, 0.3) is 11.1 Å². The Hall–Kier alpha value is -3.65. The molecule has 1 atom stereocenters. The van der Waals surface area contributed by atoms with Crippen LogP contribution in [0.3, 0.4) is 0 Å². The number of carbonyl (C=O) groups excluding carboxylic acids is 2. The van der Waals surface area contributed by atoms with Crippen molar-refractivity contribution in [2.24, 2.45) is 0 Å². The summed E-state index contributed by atoms with van der Waals surface area (Å²) in [6.45, 7) is 0.407. The first kappa shape index (κ1) is 23.0. The van der Waals surface area contributed by atoms with E-state index < -0.39 is 24.1 Å². The Labute approximate surface area is 186 Å². The fourth-order valence-electron chi connectivity index (χ4n) is 3.66. The van der Waals surface area contributed by atoms with E-state index in [1.165, 1.54) is 19.3 Å². The van der Waals surface area contributed by atoms with Crippen LogP contribution in [-0.4, -0.2) is 56.0 Å². The van der Waals surface area contributed by atoms with Crippen LogP contribution in [-0.2, 0) is 19.1 Å². The van der Waals surface area contributed by atoms with Gasteiger partial charge in [0.15, 0.2) is 0 Å². The largest absolute Gasteiger partial charge is 0.481 e. The third-order valence-electron chi connectivity index (χ3n) is 5.22. The summed E-state index contributed by atoms with van der Waals surface area (Å²) in [5, 5.41) is 13.9. The van der Waals surface area contributed by atoms with Gasteiger partial charge in [-0.2, -0.15) is 0 Å². The van der Waals surface area contributed by atoms with Gasteiger partial charge in [-0.3, -0.25) is 9.59 Å². The van der Waals surface area contributed by atoms with Crippen molar-refractivity contribution in [2.45, 2.75) is 18.4 Å². The summed E-state index contributed by atoms with van der Waals surface area (Å²) in [4.78, 5) is 34.6. The van der Waals surface area contributed by atoms with Crippen LogP contribution in [0.4, 0.5) is 4.79 Å². The van der Waals surface area contributed by atoms with Gasteiger partial charge in [-0.15, -0.1) is 0 Å². The summed E-state index contributed by atoms with van der Waals surface area (Å²) < 4.78 is 10.4. The number of alkyl carbamates (subject to hydrolysis) is 1. The maximum atomic E-state index is 12.1. The monoisotopic (exact) mass is 438 g/mol. The lowest BCUT2D eigenvalue weighted by Crippen LogP contribution is -2.33. The SMILES string of the molecule is COC(CNC(=O)/C=C/CNC(=O)OCC1c2ccccc2-c2ccccc21)CC(=O)O. The molecule has 8 nitrogen and oxygen atoms in total. The topological polar surface area (TPSA) is 114 Å². The van der Waals surface area contributed by atoms with Crippen LogP contribution in [0, 0.1) is 0 Å². The minimum Gasteiger partial charge on any atom is -0.481 e. The fourth-order valence-corrected chi connectivity index (χ4v) is 3.66. The highest BCUT2D eigenvalue weighted by molar-refractivity contribution is 5.87. The lowest BCUT2D eigenvalue weighted by molar-refractivity contribution is -0.140. The number of carbonyl (C=O) groups is 3. The summed E-state index contributed by atoms with van der Waals surface area (Å²) in [6, 6.07) is 16.2. The standard InChI is InChI=1S/C24H26N2O6/c1-31-16(13-23(28)29)14-26-22(27)11-6-12-25-24(30)32-15-21-19-9-4-2-7-17(19)18-8-3-5-10-20(18)21/h2-11,16,21H,12-15H2,1H3,(H,25,30)(H,26,27)(H,28,29)/b11-6+. The first-order chi connectivity index (χ1) is 15.5. The second kappa shape index (κ2) is 11.1. The van der Waals surface area contributed by atoms with Crippen molar-refractivity contribution in [1.29, 1.82) is 0 Å². The maximum absolute atomic E-state index is 12.1. The normalized spacial score (nSPS) is 13.3. The number of hydrogen-bond donors (Lipinski definition) is 3. The zero-order chi connectivity index (χ0) is 22.9. The van der Waals surface area contributed by atoms with E-state index in [0.717, 1.165) is 22.3 Å². The Bertz CT molecular complexity index is 958. The molecule has 168 valence electrons. The second-order valence-corrected chi connectivity index (χ2v) is 7.31. The molecule has 0 aliphatic heterocycles. The van der Waals surface area contributed by atoms with Gasteiger partial charge in [0.1, 0.15) is 6.61 Å². The molecule has 0 heterocycles. The molecule has 32 heavy (non-hydrogen) atoms. The first-order valence-corrected chi connectivity index (χ1v) is 10.3. The van der Waals surface area contributed by atoms with Gasteiger partial charge in [-0.05, 0) is 22.3 Å². The maximum Gasteiger partial charge on any atom is 0.407 e. The highest BCUT2D eigenvalue weighted by Crippen LogP contribution is 2.44. The average Bonchev–Trinajstić information content (AvgIpc) is 3.11. The summed E-state index contributed by atoms with van der Waals surface area (Å²) >= 11 is 0. The second-order valence-electron chi connectivity index (χ2n) is 7.31. The highest BCUT2D eigenvalue weighted by atomic mass is 16.5. The number of carboxylic acid groups (broad SMARTS) is 1. The summed E-state index contributed by atoms with van der Waals surface area (Å²) in [7, 11) is 1.38. The van der Waals surface area contributed by atoms with Crippen LogP contribution in [0.15, 0.2) is 60.7 Å². The number of amides is 2. The molecule has 0 saturated heterocycles. The van der Waals surface area contributed by atoms with Gasteiger partial charge in [-0.25, -0.2) is 4.79 Å². The molecule has 3 rings (SSSR count). The number of hydrogen-bond acceptors (Lipinski definition) is 5. The zero-order valence-electron chi connectivity index (χ0n) is 17.7. The van der Waals surface area contributed by atoms with E-state index in [4.69, 9.17) is 14.6 Å². The summed E-state index contributed by atoms with van der Waals surface area (Å²) in [5.41, 5.74) is 4.58. The number of rotatable bonds is 10. The molecule has 1 aliphatic carbocycles. The van der Waals surface area contributed by atoms with Crippen LogP contribution < -0.4 is 10.6 Å². The summed E-state index contributed by atoms with van der Waals surface area (Å²) in [6.07, 6.45) is 1.36. The molecule has 1 unspecified atom stereocenters. The zero-order valence-corrected chi connectivity index (χ0v) is 17.7. The lowest BCUT2D eigenvalue weighted by atomic mass is 9.98. The molecule has 0 saturated carbocycles. The van der Waals surface area contributed by atoms with Crippen molar-refractivity contribution in [3.8, 4) is 11.1 Å². The Morgan fingerprint density at radius 2 is 1.66 bits per heavy atom. The van der Waals surface area contributed by atoms with Crippen molar-refractivity contribution >= 4 is 18.0 Å². The van der Waals surface area contributed by atoms with Gasteiger partial charge < -0.3 is 25.2 Å². The van der Waals surface area contributed by atoms with Crippen molar-refractivity contribution in [2.75, 3.05) is 26.8 Å². The molecule has 0 spiro atoms. The van der Waals surface area contributed by atoms with E-state index in [1.54, 1.807) is 0 Å². The van der Waals surface area contributed by atoms with Crippen molar-refractivity contribution in [3.05, 3.63) is 71.8 Å². The number of ether oxygens (including phenoxy) is 2. The van der Waals surface area contributed by atoms with E-state index in [0.29, 0.717) is 0 Å². The highest BCUT2D eigenvalue weighted by Gasteiger charge is 2.28. The fraction of sp³-hybridized carbons (Fsp3) is 0.292. The molecule has 2 aromatic carbocycles. The van der Waals surface area contributed by atoms with Crippen molar-refractivity contribution < 1.29 is 29.0 Å². The molecule has 0 radical (unpaired) electrons. The molecule has 2 aromatic rings. The number of fused-ring (bicyclic) bond motifs is 3. The van der Waals surface area contributed by atoms with Crippen LogP contribution >= 0.6 is 0 Å². The smallest absolute Gasteiger partial charge is 0.407 e. The number of nitrogens with one attached hydrogen (secondary N) is 2. The van der Waals surface area contributed by atoms with Crippen molar-refractivity contribution in [1.82, 2.24) is 10.6 Å². The third kappa shape index (κ3) is 5.95. The van der Waals surface area contributed by atoms with E-state index in [1.807, 2.05) is 36.4 Å². The minimum atomic E-state index is -1.01. The molecule has 0 aromatic heterocycles. The predicted octanol–water partition coefficient (Wildman–Crippen LogP) is 2.69. The Balaban J connectivity index is 1.42. The molecule has 0 bridgehead atoms. The molecule has 8 heteroatoms. The van der Waals surface area contributed by atoms with Crippen LogP contribution in [0.1, 0.15) is 23.5 Å². The van der Waals surface area contributed by atoms with Gasteiger partial charge in [0, 0.05) is 32.2 Å². The molecule has 2 amide bonds. The van der Waals surface area contributed by atoms with E-state index in [9.17, 15) is 14.4 Å². The van der Waals surface area contributed by atoms with E-state index in [-0.39, 0.29) is 32.0 Å². The van der Waals surface area contributed by atoms with Gasteiger partial charge >= 0.3 is 12.1 Å². The molecule has 1 aliphatic rings. The van der Waals surface area contributed by atoms with Gasteiger partial charge in [-0.1, -0.05) is 54.6 Å². The van der Waals surface area contributed by atoms with Gasteiger partial charge in [0.2, 0.25) is 5.91 Å². The number of aliphatic carboxylic acids is 1. The minimum absolute atomic E-state index is 0.0194. The molecular weight excluding hydrogens is 412 g/mol. The number of benzene rings is 2. The quantitative estimate of drug-likeness (QED) is 0.492. The Kier molecular flexibility index (Phi) is 7.99. The lowest BCUT2D eigenvalue weighted by Gasteiger charge is -2.14. The molecular formula is C24H26N2O6. The predicted molar refractivity (Wildman–Crippen MR) is 118 cm³/mol. The molecule has 3 N–H and O–H groups in total. The van der Waals surface area contributed by atoms with Gasteiger partial charge in [0.05, 0.1) is 12.5 Å². The van der Waals surface area contributed by atoms with Crippen LogP contribution in [0.5, 0.6) is 0 Å². The Morgan fingerprint density at radius 3 is 2.25 bits per heavy atom. The van der Waals surface area contributed by atoms with E-state index in [2.05, 4.69) is 22.8 Å². The van der Waals surface area contributed by atoms with Crippen LogP contribution in [0.2, 0.25) is 0 Å². The Morgan fingerprint density at radius 1 is 1.03 bits per heavy atom. The van der Waals surface area contributed by atoms with Gasteiger partial charge in [0.25, 0.3) is 0 Å². The summed E-state index contributed by atoms with van der Waals surface area (Å²) in [5.74, 6) is -1.44. The third-order valence-corrected chi connectivity index (χ3v) is 5.22. The number of carboxylic acids is 1. The van der Waals surface area contributed by atoms with Crippen molar-refractivity contribution in [3.63, 3.8) is 0 Å². The molecule has 0 fully saturated rings. The van der Waals surface area contributed by atoms with E-state index >= 15 is 0 Å². The number of methoxy groups -OCH3 is 1.